The molecule has 172 valence electrons. The van der Waals surface area contributed by atoms with Crippen LogP contribution in [0.1, 0.15) is 65.2 Å². The maximum Gasteiger partial charge on any atom is 0.336 e. The quantitative estimate of drug-likeness (QED) is 0.106. The molecule has 0 aliphatic heterocycles. The highest BCUT2D eigenvalue weighted by molar-refractivity contribution is 5.91. The second kappa shape index (κ2) is 15.4. The molecule has 30 heavy (non-hydrogen) atoms. The number of nitrogens with one attached hydrogen (secondary N) is 2. The van der Waals surface area contributed by atoms with Gasteiger partial charge in [-0.15, -0.1) is 0 Å². The highest BCUT2D eigenvalue weighted by Crippen LogP contribution is 2.16. The molecule has 0 aromatic carbocycles. The number of amides is 3. The molecule has 0 aromatic rings. The summed E-state index contributed by atoms with van der Waals surface area (Å²) in [5.74, 6) is -3.64. The molecule has 1 atom stereocenters. The Morgan fingerprint density at radius 2 is 1.53 bits per heavy atom. The van der Waals surface area contributed by atoms with E-state index >= 15 is 0 Å². The van der Waals surface area contributed by atoms with E-state index in [1.807, 2.05) is 6.92 Å². The number of rotatable bonds is 16. The van der Waals surface area contributed by atoms with Crippen molar-refractivity contribution in [3.63, 3.8) is 0 Å². The van der Waals surface area contributed by atoms with Gasteiger partial charge in [0.2, 0.25) is 11.8 Å². The molecule has 0 aromatic heterocycles. The van der Waals surface area contributed by atoms with E-state index in [-0.39, 0.29) is 19.5 Å². The Morgan fingerprint density at radius 1 is 0.933 bits per heavy atom. The van der Waals surface area contributed by atoms with Crippen molar-refractivity contribution in [2.24, 2.45) is 0 Å². The topological polar surface area (TPSA) is 156 Å². The molecule has 0 saturated heterocycles. The van der Waals surface area contributed by atoms with Crippen molar-refractivity contribution in [3.05, 3.63) is 12.2 Å². The lowest BCUT2D eigenvalue weighted by molar-refractivity contribution is -0.164. The number of carbonyl (C=O) groups is 4. The summed E-state index contributed by atoms with van der Waals surface area (Å²) < 4.78 is 0. The van der Waals surface area contributed by atoms with Gasteiger partial charge in [0.05, 0.1) is 19.4 Å². The molecule has 3 amide bonds. The number of hydrogen-bond acceptors (Lipinski definition) is 6. The van der Waals surface area contributed by atoms with Crippen LogP contribution in [-0.4, -0.2) is 69.4 Å². The molecule has 0 aliphatic carbocycles. The van der Waals surface area contributed by atoms with Gasteiger partial charge in [0, 0.05) is 19.2 Å². The highest BCUT2D eigenvalue weighted by Gasteiger charge is 2.40. The Hall–Kier alpha value is -2.46. The van der Waals surface area contributed by atoms with Crippen molar-refractivity contribution in [1.29, 1.82) is 0 Å². The van der Waals surface area contributed by atoms with Gasteiger partial charge in [-0.25, -0.2) is 9.86 Å². The number of hydrogen-bond donors (Lipinski definition) is 5. The second-order valence-corrected chi connectivity index (χ2v) is 7.10. The molecule has 0 rings (SSSR count). The van der Waals surface area contributed by atoms with Crippen molar-refractivity contribution in [2.45, 2.75) is 70.8 Å². The minimum absolute atomic E-state index is 0.0268. The van der Waals surface area contributed by atoms with E-state index in [0.29, 0.717) is 18.0 Å². The zero-order valence-corrected chi connectivity index (χ0v) is 17.9. The molecule has 10 nitrogen and oxygen atoms in total. The van der Waals surface area contributed by atoms with E-state index in [1.165, 1.54) is 6.08 Å². The van der Waals surface area contributed by atoms with E-state index in [2.05, 4.69) is 17.6 Å². The van der Waals surface area contributed by atoms with E-state index in [4.69, 9.17) is 0 Å². The number of carbonyl (C=O) groups excluding carboxylic acids is 3. The summed E-state index contributed by atoms with van der Waals surface area (Å²) in [6.07, 6.45) is 6.22. The van der Waals surface area contributed by atoms with Crippen LogP contribution in [0.15, 0.2) is 12.2 Å². The molecular weight excluding hydrogens is 394 g/mol. The first kappa shape index (κ1) is 27.5. The maximum atomic E-state index is 11.9. The van der Waals surface area contributed by atoms with Gasteiger partial charge in [-0.1, -0.05) is 32.8 Å². The first-order valence-corrected chi connectivity index (χ1v) is 10.3. The van der Waals surface area contributed by atoms with Crippen molar-refractivity contribution < 1.29 is 34.6 Å². The number of hydroxylamine groups is 2. The van der Waals surface area contributed by atoms with E-state index in [9.17, 15) is 34.6 Å². The Morgan fingerprint density at radius 3 is 2.07 bits per heavy atom. The molecule has 0 saturated carbocycles. The van der Waals surface area contributed by atoms with Gasteiger partial charge in [-0.2, -0.15) is 0 Å². The summed E-state index contributed by atoms with van der Waals surface area (Å²) in [6, 6.07) is 0. The molecule has 0 aliphatic rings. The van der Waals surface area contributed by atoms with Crippen LogP contribution in [0.4, 0.5) is 0 Å². The third-order valence-electron chi connectivity index (χ3n) is 4.23. The van der Waals surface area contributed by atoms with Crippen molar-refractivity contribution >= 4 is 23.7 Å². The molecule has 0 spiro atoms. The fourth-order valence-electron chi connectivity index (χ4n) is 2.48. The SMILES string of the molecule is CCCCC/C=C/C(=O)N(O)CCCNC(=O)CC(O)(CC(=O)NCCC)C(=O)O. The zero-order chi connectivity index (χ0) is 23.0. The molecule has 5 N–H and O–H groups in total. The lowest BCUT2D eigenvalue weighted by Crippen LogP contribution is -2.47. The number of allylic oxidation sites excluding steroid dienone is 1. The molecule has 0 fully saturated rings. The van der Waals surface area contributed by atoms with Crippen LogP contribution in [0.25, 0.3) is 0 Å². The summed E-state index contributed by atoms with van der Waals surface area (Å²) in [6.45, 7) is 4.27. The van der Waals surface area contributed by atoms with Crippen molar-refractivity contribution in [1.82, 2.24) is 15.7 Å². The summed E-state index contributed by atoms with van der Waals surface area (Å²) >= 11 is 0. The largest absolute Gasteiger partial charge is 0.479 e. The summed E-state index contributed by atoms with van der Waals surface area (Å²) in [5, 5.41) is 34.4. The highest BCUT2D eigenvalue weighted by atomic mass is 16.5. The van der Waals surface area contributed by atoms with Gasteiger partial charge in [-0.3, -0.25) is 19.6 Å². The number of aliphatic carboxylic acids is 1. The van der Waals surface area contributed by atoms with Gasteiger partial charge >= 0.3 is 5.97 Å². The molecule has 10 heteroatoms. The minimum atomic E-state index is -2.51. The number of nitrogens with zero attached hydrogens (tertiary/aromatic N) is 1. The lowest BCUT2D eigenvalue weighted by atomic mass is 9.94. The number of carboxylic acid groups (broad SMARTS) is 1. The average molecular weight is 430 g/mol. The second-order valence-electron chi connectivity index (χ2n) is 7.10. The smallest absolute Gasteiger partial charge is 0.336 e. The first-order valence-electron chi connectivity index (χ1n) is 10.3. The Bertz CT molecular complexity index is 595. The fraction of sp³-hybridized carbons (Fsp3) is 0.700. The van der Waals surface area contributed by atoms with E-state index < -0.39 is 42.1 Å². The summed E-state index contributed by atoms with van der Waals surface area (Å²) in [7, 11) is 0. The van der Waals surface area contributed by atoms with Gasteiger partial charge in [-0.05, 0) is 25.7 Å². The van der Waals surface area contributed by atoms with Crippen molar-refractivity contribution in [3.8, 4) is 0 Å². The van der Waals surface area contributed by atoms with Crippen LogP contribution >= 0.6 is 0 Å². The fourth-order valence-corrected chi connectivity index (χ4v) is 2.48. The Labute approximate surface area is 177 Å². The first-order chi connectivity index (χ1) is 14.2. The van der Waals surface area contributed by atoms with Crippen molar-refractivity contribution in [2.75, 3.05) is 19.6 Å². The molecule has 0 heterocycles. The van der Waals surface area contributed by atoms with Crippen LogP contribution in [0.3, 0.4) is 0 Å². The van der Waals surface area contributed by atoms with Gasteiger partial charge in [0.15, 0.2) is 5.60 Å². The third-order valence-corrected chi connectivity index (χ3v) is 4.23. The number of carboxylic acids is 1. The van der Waals surface area contributed by atoms with Crippen LogP contribution in [0.2, 0.25) is 0 Å². The molecule has 0 bridgehead atoms. The molecular formula is C20H35N3O7. The average Bonchev–Trinajstić information content (AvgIpc) is 2.68. The van der Waals surface area contributed by atoms with E-state index in [1.54, 1.807) is 6.08 Å². The predicted molar refractivity (Wildman–Crippen MR) is 110 cm³/mol. The van der Waals surface area contributed by atoms with Crippen LogP contribution < -0.4 is 10.6 Å². The predicted octanol–water partition coefficient (Wildman–Crippen LogP) is 0.969. The Balaban J connectivity index is 4.30. The zero-order valence-electron chi connectivity index (χ0n) is 17.9. The number of unbranched alkanes of at least 4 members (excludes halogenated alkanes) is 3. The maximum absolute atomic E-state index is 11.9. The van der Waals surface area contributed by atoms with Crippen LogP contribution in [-0.2, 0) is 19.2 Å². The summed E-state index contributed by atoms with van der Waals surface area (Å²) in [5.41, 5.74) is -2.51. The minimum Gasteiger partial charge on any atom is -0.479 e. The molecule has 0 radical (unpaired) electrons. The summed E-state index contributed by atoms with van der Waals surface area (Å²) in [4.78, 5) is 46.7. The van der Waals surface area contributed by atoms with Crippen LogP contribution in [0.5, 0.6) is 0 Å². The van der Waals surface area contributed by atoms with Gasteiger partial charge in [0.25, 0.3) is 5.91 Å². The number of aliphatic hydroxyl groups is 1. The Kier molecular flexibility index (Phi) is 14.1. The molecule has 1 unspecified atom stereocenters. The van der Waals surface area contributed by atoms with E-state index in [0.717, 1.165) is 25.7 Å². The normalized spacial score (nSPS) is 12.9. The van der Waals surface area contributed by atoms with Gasteiger partial charge < -0.3 is 20.8 Å². The lowest BCUT2D eigenvalue weighted by Gasteiger charge is -2.22. The monoisotopic (exact) mass is 429 g/mol. The van der Waals surface area contributed by atoms with Gasteiger partial charge in [0.1, 0.15) is 0 Å². The standard InChI is InChI=1S/C20H35N3O7/c1-3-5-6-7-8-10-18(26)23(30)13-9-12-22-17(25)15-20(29,19(27)28)14-16(24)21-11-4-2/h8,10,29-30H,3-7,9,11-15H2,1-2H3,(H,21,24)(H,22,25)(H,27,28)/b10-8+. The third kappa shape index (κ3) is 12.2. The van der Waals surface area contributed by atoms with Crippen LogP contribution in [0, 0.1) is 0 Å².